The molecule has 0 bridgehead atoms. The highest BCUT2D eigenvalue weighted by Gasteiger charge is 2.49. The normalized spacial score (nSPS) is 22.6. The van der Waals surface area contributed by atoms with Gasteiger partial charge in [0.25, 0.3) is 10.0 Å². The molecule has 0 aliphatic carbocycles. The molecule has 0 radical (unpaired) electrons. The van der Waals surface area contributed by atoms with Gasteiger partial charge in [-0.3, -0.25) is 4.99 Å². The quantitative estimate of drug-likeness (QED) is 0.651. The lowest BCUT2D eigenvalue weighted by Gasteiger charge is -2.38. The smallest absolute Gasteiger partial charge is 0.252 e. The van der Waals surface area contributed by atoms with Gasteiger partial charge in [0, 0.05) is 19.3 Å². The fourth-order valence-electron chi connectivity index (χ4n) is 3.91. The van der Waals surface area contributed by atoms with E-state index >= 15 is 0 Å². The molecule has 7 nitrogen and oxygen atoms in total. The molecule has 1 unspecified atom stereocenters. The Morgan fingerprint density at radius 1 is 1.13 bits per heavy atom. The molecule has 1 fully saturated rings. The van der Waals surface area contributed by atoms with E-state index in [-0.39, 0.29) is 0 Å². The van der Waals surface area contributed by atoms with E-state index in [1.165, 1.54) is 11.3 Å². The highest BCUT2D eigenvalue weighted by Crippen LogP contribution is 2.37. The second kappa shape index (κ2) is 7.50. The van der Waals surface area contributed by atoms with E-state index in [0.29, 0.717) is 36.1 Å². The lowest BCUT2D eigenvalue weighted by molar-refractivity contribution is 0.469. The van der Waals surface area contributed by atoms with Crippen molar-refractivity contribution in [3.63, 3.8) is 0 Å². The number of amidine groups is 1. The van der Waals surface area contributed by atoms with Crippen molar-refractivity contribution in [1.29, 1.82) is 0 Å². The van der Waals surface area contributed by atoms with Gasteiger partial charge in [0.1, 0.15) is 15.6 Å². The number of anilines is 2. The van der Waals surface area contributed by atoms with Crippen molar-refractivity contribution >= 4 is 38.7 Å². The average molecular weight is 440 g/mol. The van der Waals surface area contributed by atoms with Crippen molar-refractivity contribution in [2.24, 2.45) is 4.99 Å². The van der Waals surface area contributed by atoms with Crippen LogP contribution in [0.5, 0.6) is 0 Å². The van der Waals surface area contributed by atoms with Gasteiger partial charge in [-0.15, -0.1) is 11.3 Å². The Kier molecular flexibility index (Phi) is 4.80. The summed E-state index contributed by atoms with van der Waals surface area (Å²) in [5.74, 6) is 1.43. The molecule has 0 saturated carbocycles. The van der Waals surface area contributed by atoms with Gasteiger partial charge in [-0.25, -0.2) is 13.4 Å². The van der Waals surface area contributed by atoms with Gasteiger partial charge in [0.15, 0.2) is 5.82 Å². The van der Waals surface area contributed by atoms with Crippen molar-refractivity contribution < 1.29 is 8.42 Å². The molecule has 0 amide bonds. The molecule has 5 rings (SSSR count). The number of rotatable bonds is 4. The van der Waals surface area contributed by atoms with E-state index in [1.54, 1.807) is 28.0 Å². The summed E-state index contributed by atoms with van der Waals surface area (Å²) in [7, 11) is -3.53. The molecule has 3 aromatic rings. The summed E-state index contributed by atoms with van der Waals surface area (Å²) < 4.78 is 28.1. The number of nitrogens with zero attached hydrogens (tertiary/aromatic N) is 3. The maximum atomic E-state index is 13.1. The monoisotopic (exact) mass is 439 g/mol. The summed E-state index contributed by atoms with van der Waals surface area (Å²) in [5, 5.41) is 8.70. The lowest BCUT2D eigenvalue weighted by atomic mass is 9.94. The summed E-state index contributed by atoms with van der Waals surface area (Å²) in [6, 6.07) is 17.2. The Bertz CT molecular complexity index is 1180. The standard InChI is InChI=1S/C21H21N5O2S2/c27-30(28,18-9-5-13-29-18)26-12-10-21(15-26)20(23-14-16-6-2-1-3-7-16)24-19-17(25-21)8-4-11-22-19/h1-9,11,13,25H,10,12,14-15H2,(H,22,23,24). The summed E-state index contributed by atoms with van der Waals surface area (Å²) in [6.45, 7) is 1.24. The molecule has 9 heteroatoms. The Hall–Kier alpha value is -2.75. The molecule has 1 atom stereocenters. The van der Waals surface area contributed by atoms with Gasteiger partial charge in [-0.2, -0.15) is 4.31 Å². The number of aromatic nitrogens is 1. The van der Waals surface area contributed by atoms with Crippen LogP contribution in [0.3, 0.4) is 0 Å². The topological polar surface area (TPSA) is 86.7 Å². The number of pyridine rings is 1. The van der Waals surface area contributed by atoms with E-state index < -0.39 is 15.6 Å². The minimum absolute atomic E-state index is 0.308. The van der Waals surface area contributed by atoms with Crippen LogP contribution in [0.2, 0.25) is 0 Å². The number of thiophene rings is 1. The summed E-state index contributed by atoms with van der Waals surface area (Å²) in [6.07, 6.45) is 2.34. The Morgan fingerprint density at radius 2 is 2.00 bits per heavy atom. The zero-order valence-corrected chi connectivity index (χ0v) is 17.8. The van der Waals surface area contributed by atoms with Crippen molar-refractivity contribution in [3.8, 4) is 0 Å². The minimum atomic E-state index is -3.53. The van der Waals surface area contributed by atoms with Gasteiger partial charge in [-0.1, -0.05) is 36.4 Å². The number of fused-ring (bicyclic) bond motifs is 1. The zero-order chi connectivity index (χ0) is 20.6. The second-order valence-electron chi connectivity index (χ2n) is 7.40. The first-order valence-corrected chi connectivity index (χ1v) is 12.0. The van der Waals surface area contributed by atoms with Crippen molar-refractivity contribution in [2.45, 2.75) is 22.7 Å². The van der Waals surface area contributed by atoms with Crippen LogP contribution in [0.4, 0.5) is 11.5 Å². The van der Waals surface area contributed by atoms with E-state index in [2.05, 4.69) is 15.6 Å². The van der Waals surface area contributed by atoms with Crippen LogP contribution >= 0.6 is 11.3 Å². The third-order valence-corrected chi connectivity index (χ3v) is 8.68. The first-order valence-electron chi connectivity index (χ1n) is 9.70. The molecule has 2 aliphatic rings. The van der Waals surface area contributed by atoms with Gasteiger partial charge >= 0.3 is 0 Å². The largest absolute Gasteiger partial charge is 0.369 e. The number of aliphatic imine (C=N–C) groups is 1. The predicted octanol–water partition coefficient (Wildman–Crippen LogP) is 3.41. The zero-order valence-electron chi connectivity index (χ0n) is 16.2. The molecule has 30 heavy (non-hydrogen) atoms. The number of hydrogen-bond acceptors (Lipinski definition) is 6. The third-order valence-electron chi connectivity index (χ3n) is 5.46. The van der Waals surface area contributed by atoms with Crippen LogP contribution in [0.1, 0.15) is 12.0 Å². The fraction of sp³-hybridized carbons (Fsp3) is 0.238. The molecule has 4 heterocycles. The highest BCUT2D eigenvalue weighted by molar-refractivity contribution is 7.91. The molecule has 154 valence electrons. The van der Waals surface area contributed by atoms with Crippen LogP contribution in [0.15, 0.2) is 75.4 Å². The Balaban J connectivity index is 1.49. The SMILES string of the molecule is O=S(=O)(c1cccs1)N1CCC2(C1)Nc1cccnc1NC2=NCc1ccccc1. The van der Waals surface area contributed by atoms with Crippen LogP contribution in [0.25, 0.3) is 0 Å². The first-order chi connectivity index (χ1) is 14.6. The average Bonchev–Trinajstić information content (AvgIpc) is 3.45. The molecule has 2 N–H and O–H groups in total. The molecule has 1 aromatic carbocycles. The Morgan fingerprint density at radius 3 is 2.80 bits per heavy atom. The van der Waals surface area contributed by atoms with E-state index in [1.807, 2.05) is 42.5 Å². The maximum absolute atomic E-state index is 13.1. The molecule has 2 aliphatic heterocycles. The minimum Gasteiger partial charge on any atom is -0.369 e. The molecular weight excluding hydrogens is 418 g/mol. The fourth-order valence-corrected chi connectivity index (χ4v) is 6.56. The van der Waals surface area contributed by atoms with Crippen molar-refractivity contribution in [2.75, 3.05) is 23.7 Å². The molecule has 1 saturated heterocycles. The van der Waals surface area contributed by atoms with Gasteiger partial charge in [0.2, 0.25) is 0 Å². The van der Waals surface area contributed by atoms with Crippen LogP contribution in [-0.4, -0.2) is 42.2 Å². The Labute approximate surface area is 179 Å². The van der Waals surface area contributed by atoms with Crippen LogP contribution in [-0.2, 0) is 16.6 Å². The molecule has 1 spiro atoms. The van der Waals surface area contributed by atoms with E-state index in [9.17, 15) is 8.42 Å². The summed E-state index contributed by atoms with van der Waals surface area (Å²) >= 11 is 1.24. The van der Waals surface area contributed by atoms with Crippen LogP contribution < -0.4 is 10.6 Å². The number of hydrogen-bond donors (Lipinski definition) is 2. The van der Waals surface area contributed by atoms with Gasteiger partial charge in [0.05, 0.1) is 12.2 Å². The second-order valence-corrected chi connectivity index (χ2v) is 10.5. The third kappa shape index (κ3) is 3.38. The van der Waals surface area contributed by atoms with Crippen molar-refractivity contribution in [3.05, 3.63) is 71.7 Å². The maximum Gasteiger partial charge on any atom is 0.252 e. The van der Waals surface area contributed by atoms with E-state index in [0.717, 1.165) is 17.1 Å². The van der Waals surface area contributed by atoms with Gasteiger partial charge < -0.3 is 10.6 Å². The molecule has 2 aromatic heterocycles. The highest BCUT2D eigenvalue weighted by atomic mass is 32.2. The summed E-state index contributed by atoms with van der Waals surface area (Å²) in [4.78, 5) is 9.25. The van der Waals surface area contributed by atoms with Gasteiger partial charge in [-0.05, 0) is 35.6 Å². The lowest BCUT2D eigenvalue weighted by Crippen LogP contribution is -2.55. The number of nitrogens with one attached hydrogen (secondary N) is 2. The number of benzene rings is 1. The van der Waals surface area contributed by atoms with E-state index in [4.69, 9.17) is 4.99 Å². The number of sulfonamides is 1. The predicted molar refractivity (Wildman–Crippen MR) is 119 cm³/mol. The first kappa shape index (κ1) is 19.2. The van der Waals surface area contributed by atoms with Crippen LogP contribution in [0, 0.1) is 0 Å². The molecular formula is C21H21N5O2S2. The van der Waals surface area contributed by atoms with Crippen molar-refractivity contribution in [1.82, 2.24) is 9.29 Å². The summed E-state index contributed by atoms with van der Waals surface area (Å²) in [5.41, 5.74) is 1.33.